The molecule has 132 valence electrons. The van der Waals surface area contributed by atoms with Crippen LogP contribution in [0.5, 0.6) is 0 Å². The van der Waals surface area contributed by atoms with Gasteiger partial charge in [-0.1, -0.05) is 25.7 Å². The highest BCUT2D eigenvalue weighted by Gasteiger charge is 2.17. The van der Waals surface area contributed by atoms with Crippen molar-refractivity contribution in [2.24, 2.45) is 0 Å². The van der Waals surface area contributed by atoms with Crippen molar-refractivity contribution in [2.75, 3.05) is 5.32 Å². The fourth-order valence-electron chi connectivity index (χ4n) is 3.09. The molecule has 0 saturated heterocycles. The summed E-state index contributed by atoms with van der Waals surface area (Å²) < 4.78 is 13.0. The van der Waals surface area contributed by atoms with E-state index in [4.69, 9.17) is 0 Å². The monoisotopic (exact) mass is 342 g/mol. The molecule has 3 rings (SSSR count). The number of amides is 1. The first-order valence-electron chi connectivity index (χ1n) is 8.79. The van der Waals surface area contributed by atoms with Gasteiger partial charge in [-0.15, -0.1) is 0 Å². The predicted molar refractivity (Wildman–Crippen MR) is 95.4 cm³/mol. The van der Waals surface area contributed by atoms with Crippen LogP contribution in [-0.2, 0) is 0 Å². The fraction of sp³-hybridized carbons (Fsp3) is 0.421. The maximum absolute atomic E-state index is 13.0. The quantitative estimate of drug-likeness (QED) is 0.820. The van der Waals surface area contributed by atoms with Crippen molar-refractivity contribution in [2.45, 2.75) is 51.5 Å². The van der Waals surface area contributed by atoms with Crippen molar-refractivity contribution >= 4 is 17.5 Å². The van der Waals surface area contributed by atoms with Crippen molar-refractivity contribution in [3.8, 4) is 0 Å². The Morgan fingerprint density at radius 3 is 2.44 bits per heavy atom. The van der Waals surface area contributed by atoms with Gasteiger partial charge in [0.25, 0.3) is 5.91 Å². The van der Waals surface area contributed by atoms with E-state index in [9.17, 15) is 9.18 Å². The number of anilines is 2. The van der Waals surface area contributed by atoms with Crippen molar-refractivity contribution in [3.63, 3.8) is 0 Å². The molecule has 2 aromatic rings. The first-order valence-corrected chi connectivity index (χ1v) is 8.79. The molecular weight excluding hydrogens is 319 g/mol. The van der Waals surface area contributed by atoms with Crippen LogP contribution in [0.15, 0.2) is 30.3 Å². The second kappa shape index (κ2) is 8.05. The molecule has 1 aromatic heterocycles. The average molecular weight is 342 g/mol. The number of nitrogens with one attached hydrogen (secondary N) is 2. The smallest absolute Gasteiger partial charge is 0.270 e. The molecule has 0 unspecified atom stereocenters. The van der Waals surface area contributed by atoms with Crippen LogP contribution in [0.25, 0.3) is 0 Å². The third-order valence-electron chi connectivity index (χ3n) is 4.38. The SMILES string of the molecule is Cc1cc(C(=O)NC2CCCCCC2)nc(Nc2ccc(F)cc2)n1. The maximum Gasteiger partial charge on any atom is 0.270 e. The van der Waals surface area contributed by atoms with Gasteiger partial charge in [0.1, 0.15) is 11.5 Å². The lowest BCUT2D eigenvalue weighted by Gasteiger charge is -2.16. The number of halogens is 1. The van der Waals surface area contributed by atoms with Crippen LogP contribution in [0.2, 0.25) is 0 Å². The largest absolute Gasteiger partial charge is 0.348 e. The molecule has 0 spiro atoms. The second-order valence-corrected chi connectivity index (χ2v) is 6.51. The van der Waals surface area contributed by atoms with Gasteiger partial charge in [0, 0.05) is 17.4 Å². The van der Waals surface area contributed by atoms with Gasteiger partial charge < -0.3 is 10.6 Å². The van der Waals surface area contributed by atoms with Crippen LogP contribution >= 0.6 is 0 Å². The van der Waals surface area contributed by atoms with Gasteiger partial charge in [-0.3, -0.25) is 4.79 Å². The topological polar surface area (TPSA) is 66.9 Å². The fourth-order valence-corrected chi connectivity index (χ4v) is 3.09. The van der Waals surface area contributed by atoms with Gasteiger partial charge in [0.05, 0.1) is 0 Å². The minimum atomic E-state index is -0.306. The summed E-state index contributed by atoms with van der Waals surface area (Å²) in [6.07, 6.45) is 6.85. The molecule has 2 N–H and O–H groups in total. The standard InChI is InChI=1S/C19H23FN4O/c1-13-12-17(18(25)22-15-6-4-2-3-5-7-15)24-19(21-13)23-16-10-8-14(20)9-11-16/h8-12,15H,2-7H2,1H3,(H,22,25)(H,21,23,24). The number of carbonyl (C=O) groups excluding carboxylic acids is 1. The highest BCUT2D eigenvalue weighted by atomic mass is 19.1. The van der Waals surface area contributed by atoms with Crippen molar-refractivity contribution < 1.29 is 9.18 Å². The highest BCUT2D eigenvalue weighted by Crippen LogP contribution is 2.18. The molecule has 1 aliphatic rings. The molecule has 0 atom stereocenters. The number of benzene rings is 1. The molecule has 1 amide bonds. The Bertz CT molecular complexity index is 725. The number of rotatable bonds is 4. The zero-order chi connectivity index (χ0) is 17.6. The normalized spacial score (nSPS) is 15.4. The molecule has 1 aliphatic carbocycles. The number of aromatic nitrogens is 2. The predicted octanol–water partition coefficient (Wildman–Crippen LogP) is 4.12. The van der Waals surface area contributed by atoms with Gasteiger partial charge in [0.2, 0.25) is 5.95 Å². The van der Waals surface area contributed by atoms with Crippen molar-refractivity contribution in [1.82, 2.24) is 15.3 Å². The van der Waals surface area contributed by atoms with Gasteiger partial charge in [-0.25, -0.2) is 14.4 Å². The molecule has 1 fully saturated rings. The zero-order valence-corrected chi connectivity index (χ0v) is 14.4. The van der Waals surface area contributed by atoms with E-state index in [1.807, 2.05) is 6.92 Å². The molecule has 1 aromatic carbocycles. The highest BCUT2D eigenvalue weighted by molar-refractivity contribution is 5.92. The lowest BCUT2D eigenvalue weighted by atomic mass is 10.1. The van der Waals surface area contributed by atoms with Gasteiger partial charge in [-0.2, -0.15) is 0 Å². The summed E-state index contributed by atoms with van der Waals surface area (Å²) in [6.45, 7) is 1.82. The Morgan fingerprint density at radius 2 is 1.76 bits per heavy atom. The summed E-state index contributed by atoms with van der Waals surface area (Å²) in [4.78, 5) is 21.2. The summed E-state index contributed by atoms with van der Waals surface area (Å²) in [5.74, 6) is -0.142. The van der Waals surface area contributed by atoms with Gasteiger partial charge in [0.15, 0.2) is 0 Å². The number of aryl methyl sites for hydroxylation is 1. The molecule has 0 bridgehead atoms. The van der Waals surface area contributed by atoms with E-state index in [0.717, 1.165) is 25.7 Å². The first-order chi connectivity index (χ1) is 12.1. The Morgan fingerprint density at radius 1 is 1.08 bits per heavy atom. The number of nitrogens with zero attached hydrogens (tertiary/aromatic N) is 2. The Kier molecular flexibility index (Phi) is 5.58. The average Bonchev–Trinajstić information content (AvgIpc) is 2.85. The molecule has 6 heteroatoms. The molecular formula is C19H23FN4O. The lowest BCUT2D eigenvalue weighted by molar-refractivity contribution is 0.0928. The third kappa shape index (κ3) is 4.98. The Balaban J connectivity index is 1.71. The van der Waals surface area contributed by atoms with E-state index in [2.05, 4.69) is 20.6 Å². The molecule has 0 radical (unpaired) electrons. The summed E-state index contributed by atoms with van der Waals surface area (Å²) in [7, 11) is 0. The van der Waals surface area contributed by atoms with E-state index in [1.165, 1.54) is 25.0 Å². The van der Waals surface area contributed by atoms with Crippen molar-refractivity contribution in [1.29, 1.82) is 0 Å². The number of hydrogen-bond donors (Lipinski definition) is 2. The van der Waals surface area contributed by atoms with Crippen LogP contribution < -0.4 is 10.6 Å². The summed E-state index contributed by atoms with van der Waals surface area (Å²) in [5, 5.41) is 6.11. The number of carbonyl (C=O) groups is 1. The Labute approximate surface area is 147 Å². The van der Waals surface area contributed by atoms with Crippen molar-refractivity contribution in [3.05, 3.63) is 47.5 Å². The van der Waals surface area contributed by atoms with Crippen LogP contribution in [0, 0.1) is 12.7 Å². The van der Waals surface area contributed by atoms with Crippen LogP contribution in [0.4, 0.5) is 16.0 Å². The number of hydrogen-bond acceptors (Lipinski definition) is 4. The van der Waals surface area contributed by atoms with Gasteiger partial charge in [-0.05, 0) is 50.1 Å². The van der Waals surface area contributed by atoms with Crippen LogP contribution in [-0.4, -0.2) is 21.9 Å². The van der Waals surface area contributed by atoms with Gasteiger partial charge >= 0.3 is 0 Å². The van der Waals surface area contributed by atoms with Crippen LogP contribution in [0.3, 0.4) is 0 Å². The molecule has 5 nitrogen and oxygen atoms in total. The third-order valence-corrected chi connectivity index (χ3v) is 4.38. The first kappa shape index (κ1) is 17.3. The summed E-state index contributed by atoms with van der Waals surface area (Å²) in [6, 6.07) is 7.83. The second-order valence-electron chi connectivity index (χ2n) is 6.51. The lowest BCUT2D eigenvalue weighted by Crippen LogP contribution is -2.35. The zero-order valence-electron chi connectivity index (χ0n) is 14.4. The maximum atomic E-state index is 13.0. The van der Waals surface area contributed by atoms with E-state index in [-0.39, 0.29) is 17.8 Å². The molecule has 0 aliphatic heterocycles. The minimum Gasteiger partial charge on any atom is -0.348 e. The van der Waals surface area contributed by atoms with Crippen LogP contribution in [0.1, 0.15) is 54.7 Å². The molecule has 25 heavy (non-hydrogen) atoms. The van der Waals surface area contributed by atoms with E-state index >= 15 is 0 Å². The molecule has 1 heterocycles. The summed E-state index contributed by atoms with van der Waals surface area (Å²) in [5.41, 5.74) is 1.72. The minimum absolute atomic E-state index is 0.167. The van der Waals surface area contributed by atoms with E-state index in [1.54, 1.807) is 18.2 Å². The Hall–Kier alpha value is -2.50. The van der Waals surface area contributed by atoms with E-state index < -0.39 is 0 Å². The molecule has 1 saturated carbocycles. The van der Waals surface area contributed by atoms with E-state index in [0.29, 0.717) is 23.0 Å². The summed E-state index contributed by atoms with van der Waals surface area (Å²) >= 11 is 0.